The van der Waals surface area contributed by atoms with Crippen LogP contribution in [0.15, 0.2) is 45.0 Å². The number of rotatable bonds is 8. The summed E-state index contributed by atoms with van der Waals surface area (Å²) in [6.07, 6.45) is -1.76. The van der Waals surface area contributed by atoms with Gasteiger partial charge in [-0.25, -0.2) is 9.59 Å². The van der Waals surface area contributed by atoms with Crippen molar-refractivity contribution in [2.75, 3.05) is 27.3 Å². The number of phenols is 1. The maximum absolute atomic E-state index is 14.0. The lowest BCUT2D eigenvalue weighted by Crippen LogP contribution is -2.68. The second-order valence-corrected chi connectivity index (χ2v) is 11.7. The van der Waals surface area contributed by atoms with Crippen LogP contribution in [0.25, 0.3) is 0 Å². The topological polar surface area (TPSA) is 259 Å². The van der Waals surface area contributed by atoms with Crippen LogP contribution in [0.4, 0.5) is 5.69 Å². The molecule has 0 fully saturated rings. The van der Waals surface area contributed by atoms with Crippen LogP contribution in [-0.2, 0) is 28.7 Å². The molecule has 248 valence electrons. The molecule has 6 atom stereocenters. The van der Waals surface area contributed by atoms with Crippen LogP contribution in [0.1, 0.15) is 49.5 Å². The number of aliphatic hydroxyl groups excluding tert-OH is 3. The number of aliphatic hydroxyl groups is 4. The molecule has 16 nitrogen and oxygen atoms in total. The van der Waals surface area contributed by atoms with Crippen LogP contribution < -0.4 is 5.73 Å². The van der Waals surface area contributed by atoms with E-state index in [1.807, 2.05) is 0 Å². The molecule has 0 unspecified atom stereocenters. The zero-order valence-electron chi connectivity index (χ0n) is 26.0. The van der Waals surface area contributed by atoms with Gasteiger partial charge in [0.1, 0.15) is 22.8 Å². The van der Waals surface area contributed by atoms with E-state index in [0.717, 1.165) is 6.92 Å². The molecule has 0 heterocycles. The van der Waals surface area contributed by atoms with Gasteiger partial charge in [0.2, 0.25) is 5.78 Å². The second-order valence-electron chi connectivity index (χ2n) is 11.7. The van der Waals surface area contributed by atoms with Crippen LogP contribution in [0.2, 0.25) is 0 Å². The van der Waals surface area contributed by atoms with Gasteiger partial charge in [-0.1, -0.05) is 13.0 Å². The lowest BCUT2D eigenvalue weighted by molar-refractivity contribution is -0.163. The SMILES string of the molecule is CCOC(=O)C(C)(/N=N/c1ccc2c(c1O)C(=O)C1=C(O)[C@@]3(O)C(=O)C(C(N)=O)=C(O)[C@@H](N(C)C)[C@H]3[C@H](O)[C@H]1[C@@H]2C)C(=O)OCC. The highest BCUT2D eigenvalue weighted by Crippen LogP contribution is 2.56. The third kappa shape index (κ3) is 4.75. The second kappa shape index (κ2) is 11.9. The van der Waals surface area contributed by atoms with Gasteiger partial charge in [-0.2, -0.15) is 10.2 Å². The average Bonchev–Trinajstić information content (AvgIpc) is 2.98. The highest BCUT2D eigenvalue weighted by atomic mass is 16.6. The van der Waals surface area contributed by atoms with Crippen molar-refractivity contribution >= 4 is 35.1 Å². The van der Waals surface area contributed by atoms with Crippen LogP contribution in [0.3, 0.4) is 0 Å². The van der Waals surface area contributed by atoms with Crippen molar-refractivity contribution < 1.29 is 59.0 Å². The molecule has 1 aromatic rings. The van der Waals surface area contributed by atoms with E-state index in [0.29, 0.717) is 0 Å². The number of aromatic hydroxyl groups is 1. The molecule has 1 amide bonds. The first-order valence-corrected chi connectivity index (χ1v) is 14.4. The molecular weight excluding hydrogens is 608 g/mol. The largest absolute Gasteiger partial charge is 0.510 e. The molecule has 1 aromatic carbocycles. The van der Waals surface area contributed by atoms with Gasteiger partial charge >= 0.3 is 11.9 Å². The fourth-order valence-electron chi connectivity index (χ4n) is 6.55. The predicted octanol–water partition coefficient (Wildman–Crippen LogP) is 0.621. The van der Waals surface area contributed by atoms with Gasteiger partial charge in [0.15, 0.2) is 17.1 Å². The lowest BCUT2D eigenvalue weighted by Gasteiger charge is -2.53. The van der Waals surface area contributed by atoms with Crippen molar-refractivity contribution in [2.45, 2.75) is 56.9 Å². The number of likely N-dealkylation sites (N-methyl/N-ethyl adjacent to an activating group) is 1. The average molecular weight is 645 g/mol. The normalized spacial score (nSPS) is 27.8. The molecule has 0 aromatic heterocycles. The summed E-state index contributed by atoms with van der Waals surface area (Å²) in [7, 11) is 2.87. The molecule has 46 heavy (non-hydrogen) atoms. The van der Waals surface area contributed by atoms with Crippen LogP contribution in [-0.4, -0.2) is 110 Å². The zero-order valence-corrected chi connectivity index (χ0v) is 26.0. The molecule has 4 rings (SSSR count). The van der Waals surface area contributed by atoms with Crippen LogP contribution in [0.5, 0.6) is 5.75 Å². The Morgan fingerprint density at radius 2 is 1.63 bits per heavy atom. The number of carbonyl (C=O) groups is 5. The minimum absolute atomic E-state index is 0.0905. The van der Waals surface area contributed by atoms with E-state index in [4.69, 9.17) is 15.2 Å². The van der Waals surface area contributed by atoms with Crippen molar-refractivity contribution in [1.82, 2.24) is 4.90 Å². The van der Waals surface area contributed by atoms with Crippen LogP contribution in [0, 0.1) is 11.8 Å². The number of ketones is 2. The number of amides is 1. The zero-order chi connectivity index (χ0) is 34.6. The fraction of sp³-hybridized carbons (Fsp3) is 0.500. The van der Waals surface area contributed by atoms with Crippen molar-refractivity contribution in [3.63, 3.8) is 0 Å². The smallest absolute Gasteiger partial charge is 0.347 e. The summed E-state index contributed by atoms with van der Waals surface area (Å²) in [5.74, 6) is -12.7. The van der Waals surface area contributed by atoms with Gasteiger partial charge in [0.05, 0.1) is 36.8 Å². The molecule has 0 radical (unpaired) electrons. The Labute approximate surface area is 262 Å². The summed E-state index contributed by atoms with van der Waals surface area (Å²) in [5, 5.41) is 64.8. The number of nitrogens with two attached hydrogens (primary N) is 1. The number of ether oxygens (including phenoxy) is 2. The number of azo groups is 1. The molecule has 0 aliphatic heterocycles. The molecule has 3 aliphatic rings. The minimum Gasteiger partial charge on any atom is -0.510 e. The molecular formula is C30H36N4O12. The van der Waals surface area contributed by atoms with E-state index in [2.05, 4.69) is 10.2 Å². The molecule has 0 saturated heterocycles. The monoisotopic (exact) mass is 644 g/mol. The summed E-state index contributed by atoms with van der Waals surface area (Å²) in [4.78, 5) is 66.3. The Kier molecular flexibility index (Phi) is 8.87. The Morgan fingerprint density at radius 1 is 1.07 bits per heavy atom. The number of hydrogen-bond acceptors (Lipinski definition) is 15. The van der Waals surface area contributed by atoms with Crippen molar-refractivity contribution in [1.29, 1.82) is 0 Å². The third-order valence-electron chi connectivity index (χ3n) is 8.81. The number of esters is 2. The first kappa shape index (κ1) is 34.2. The van der Waals surface area contributed by atoms with E-state index in [9.17, 15) is 49.5 Å². The van der Waals surface area contributed by atoms with Gasteiger partial charge in [-0.05, 0) is 52.4 Å². The number of Topliss-reactive ketones (excluding diaryl/α,β-unsaturated/α-hetero) is 2. The Morgan fingerprint density at radius 3 is 2.13 bits per heavy atom. The molecule has 0 bridgehead atoms. The maximum Gasteiger partial charge on any atom is 0.347 e. The number of primary amides is 1. The fourth-order valence-corrected chi connectivity index (χ4v) is 6.55. The Bertz CT molecular complexity index is 1610. The molecule has 0 saturated carbocycles. The first-order chi connectivity index (χ1) is 21.4. The number of benzene rings is 1. The van der Waals surface area contributed by atoms with E-state index in [-0.39, 0.29) is 24.5 Å². The molecule has 3 aliphatic carbocycles. The van der Waals surface area contributed by atoms with E-state index in [1.165, 1.54) is 45.0 Å². The Balaban J connectivity index is 1.91. The van der Waals surface area contributed by atoms with Crippen molar-refractivity contribution in [3.05, 3.63) is 45.9 Å². The van der Waals surface area contributed by atoms with E-state index < -0.39 is 104 Å². The minimum atomic E-state index is -3.07. The van der Waals surface area contributed by atoms with E-state index >= 15 is 0 Å². The van der Waals surface area contributed by atoms with Gasteiger partial charge in [0, 0.05) is 11.5 Å². The summed E-state index contributed by atoms with van der Waals surface area (Å²) < 4.78 is 9.88. The highest BCUT2D eigenvalue weighted by Gasteiger charge is 2.67. The standard InChI is InChI=1S/C30H36N4O12/c1-7-45-27(42)29(4,28(43)46-8-2)33-32-13-10-9-12-11(3)14-16(21(36)15(12)20(13)35)24(39)30(44)18(22(14)37)19(34(5)6)23(38)17(25(30)40)26(31)41/h9-11,14,18-19,22,35,37-39,44H,7-8H2,1-6H3,(H2,31,41)/b33-32+/t11-,14+,18+,19+,22-,30-/m1/s1. The highest BCUT2D eigenvalue weighted by molar-refractivity contribution is 6.25. The summed E-state index contributed by atoms with van der Waals surface area (Å²) in [5.41, 5.74) is -2.25. The van der Waals surface area contributed by atoms with Crippen LogP contribution >= 0.6 is 0 Å². The van der Waals surface area contributed by atoms with Gasteiger partial charge < -0.3 is 40.7 Å². The van der Waals surface area contributed by atoms with E-state index in [1.54, 1.807) is 6.92 Å². The quantitative estimate of drug-likeness (QED) is 0.0983. The summed E-state index contributed by atoms with van der Waals surface area (Å²) >= 11 is 0. The number of phenolic OH excluding ortho intramolecular Hbond substituents is 1. The Hall–Kier alpha value is -4.67. The first-order valence-electron chi connectivity index (χ1n) is 14.4. The molecule has 7 N–H and O–H groups in total. The summed E-state index contributed by atoms with van der Waals surface area (Å²) in [6.45, 7) is 5.50. The maximum atomic E-state index is 14.0. The number of nitrogens with zero attached hydrogens (tertiary/aromatic N) is 3. The predicted molar refractivity (Wildman–Crippen MR) is 156 cm³/mol. The summed E-state index contributed by atoms with van der Waals surface area (Å²) in [6, 6.07) is 1.24. The van der Waals surface area contributed by atoms with Gasteiger partial charge in [0.25, 0.3) is 11.4 Å². The number of fused-ring (bicyclic) bond motifs is 3. The number of hydrogen-bond donors (Lipinski definition) is 6. The van der Waals surface area contributed by atoms with Crippen molar-refractivity contribution in [3.8, 4) is 5.75 Å². The van der Waals surface area contributed by atoms with Crippen molar-refractivity contribution in [2.24, 2.45) is 27.8 Å². The lowest BCUT2D eigenvalue weighted by atomic mass is 9.55. The third-order valence-corrected chi connectivity index (χ3v) is 8.81. The molecule has 16 heteroatoms. The van der Waals surface area contributed by atoms with Gasteiger partial charge in [-0.3, -0.25) is 19.3 Å². The molecule has 0 spiro atoms. The number of carbonyl (C=O) groups excluding carboxylic acids is 5. The van der Waals surface area contributed by atoms with Gasteiger partial charge in [-0.15, -0.1) is 0 Å².